The van der Waals surface area contributed by atoms with Crippen LogP contribution >= 0.6 is 0 Å². The molecule has 3 aromatic rings. The Morgan fingerprint density at radius 2 is 1.47 bits per heavy atom. The second-order valence-corrected chi connectivity index (χ2v) is 12.3. The van der Waals surface area contributed by atoms with Gasteiger partial charge in [-0.05, 0) is 89.2 Å². The van der Waals surface area contributed by atoms with Crippen LogP contribution in [0.1, 0.15) is 84.8 Å². The number of anilines is 1. The number of hydrogen-bond donors (Lipinski definition) is 3. The molecule has 1 aliphatic carbocycles. The highest BCUT2D eigenvalue weighted by Crippen LogP contribution is 2.23. The smallest absolute Gasteiger partial charge is 0.414 e. The predicted molar refractivity (Wildman–Crippen MR) is 170 cm³/mol. The highest BCUT2D eigenvalue weighted by Gasteiger charge is 2.25. The average molecular weight is 585 g/mol. The Hall–Kier alpha value is -4.17. The summed E-state index contributed by atoms with van der Waals surface area (Å²) in [5, 5.41) is 9.75. The van der Waals surface area contributed by atoms with Gasteiger partial charge in [0.15, 0.2) is 0 Å². The lowest BCUT2D eigenvalue weighted by atomic mass is 10.0. The Balaban J connectivity index is 1.59. The van der Waals surface area contributed by atoms with E-state index >= 15 is 0 Å². The number of hydrogen-bond acceptors (Lipinski definition) is 5. The molecule has 8 heteroatoms. The third kappa shape index (κ3) is 9.96. The molecule has 0 radical (unpaired) electrons. The molecule has 3 amide bonds. The van der Waals surface area contributed by atoms with E-state index in [0.29, 0.717) is 23.7 Å². The summed E-state index contributed by atoms with van der Waals surface area (Å²) in [5.41, 5.74) is 2.33. The Morgan fingerprint density at radius 3 is 2.05 bits per heavy atom. The zero-order valence-electron chi connectivity index (χ0n) is 25.9. The zero-order chi connectivity index (χ0) is 31.0. The molecular weight excluding hydrogens is 540 g/mol. The number of benzene rings is 3. The summed E-state index contributed by atoms with van der Waals surface area (Å²) in [6.45, 7) is 8.07. The number of nitrogens with zero attached hydrogens (tertiary/aromatic N) is 1. The van der Waals surface area contributed by atoms with E-state index in [1.165, 1.54) is 17.7 Å². The number of amides is 3. The fraction of sp³-hybridized carbons (Fsp3) is 0.400. The van der Waals surface area contributed by atoms with Gasteiger partial charge in [0.25, 0.3) is 11.8 Å². The topological polar surface area (TPSA) is 99.8 Å². The number of nitrogens with one attached hydrogen (secondary N) is 3. The minimum absolute atomic E-state index is 0.122. The van der Waals surface area contributed by atoms with E-state index in [4.69, 9.17) is 4.74 Å². The molecule has 4 rings (SSSR count). The molecule has 43 heavy (non-hydrogen) atoms. The first-order valence-electron chi connectivity index (χ1n) is 15.0. The van der Waals surface area contributed by atoms with Crippen LogP contribution in [0.25, 0.3) is 0 Å². The standard InChI is InChI=1S/C35H44N4O4/c1-24(26-14-10-7-11-15-26)37-32(40)27-21-28(23-31(22-27)39(5)34(42)43-35(2,3)4)33(41)38-30(18-19-36-29-16-17-29)20-25-12-8-6-9-13-25/h6-15,21-24,29-30,36H,16-20H2,1-5H3,(H,37,40)(H,38,41)/t24-,30-/m1/s1. The molecule has 0 unspecified atom stereocenters. The quantitative estimate of drug-likeness (QED) is 0.241. The van der Waals surface area contributed by atoms with Gasteiger partial charge < -0.3 is 20.7 Å². The number of carbonyl (C=O) groups excluding carboxylic acids is 3. The first kappa shape index (κ1) is 31.8. The van der Waals surface area contributed by atoms with Crippen molar-refractivity contribution in [1.82, 2.24) is 16.0 Å². The van der Waals surface area contributed by atoms with Crippen molar-refractivity contribution in [1.29, 1.82) is 0 Å². The third-order valence-electron chi connectivity index (χ3n) is 7.31. The summed E-state index contributed by atoms with van der Waals surface area (Å²) in [7, 11) is 1.57. The van der Waals surface area contributed by atoms with Crippen LogP contribution in [-0.2, 0) is 11.2 Å². The largest absolute Gasteiger partial charge is 0.443 e. The lowest BCUT2D eigenvalue weighted by Gasteiger charge is -2.25. The Kier molecular flexibility index (Phi) is 10.6. The molecule has 1 fully saturated rings. The SMILES string of the molecule is C[C@@H](NC(=O)c1cc(C(=O)N[C@H](CCNC2CC2)Cc2ccccc2)cc(N(C)C(=O)OC(C)(C)C)c1)c1ccccc1. The average Bonchev–Trinajstić information content (AvgIpc) is 3.81. The van der Waals surface area contributed by atoms with Crippen molar-refractivity contribution in [3.8, 4) is 0 Å². The van der Waals surface area contributed by atoms with E-state index in [2.05, 4.69) is 28.1 Å². The Morgan fingerprint density at radius 1 is 0.884 bits per heavy atom. The minimum atomic E-state index is -0.704. The second-order valence-electron chi connectivity index (χ2n) is 12.3. The Labute approximate surface area is 255 Å². The summed E-state index contributed by atoms with van der Waals surface area (Å²) in [5.74, 6) is -0.656. The molecule has 2 atom stereocenters. The van der Waals surface area contributed by atoms with E-state index in [9.17, 15) is 14.4 Å². The van der Waals surface area contributed by atoms with Gasteiger partial charge in [-0.2, -0.15) is 0 Å². The summed E-state index contributed by atoms with van der Waals surface area (Å²) >= 11 is 0. The first-order valence-corrected chi connectivity index (χ1v) is 15.0. The van der Waals surface area contributed by atoms with Crippen molar-refractivity contribution < 1.29 is 19.1 Å². The highest BCUT2D eigenvalue weighted by atomic mass is 16.6. The molecule has 1 aliphatic rings. The van der Waals surface area contributed by atoms with Crippen LogP contribution < -0.4 is 20.9 Å². The monoisotopic (exact) mass is 584 g/mol. The zero-order valence-corrected chi connectivity index (χ0v) is 25.9. The van der Waals surface area contributed by atoms with Crippen molar-refractivity contribution in [2.75, 3.05) is 18.5 Å². The van der Waals surface area contributed by atoms with Crippen molar-refractivity contribution >= 4 is 23.6 Å². The maximum absolute atomic E-state index is 13.7. The van der Waals surface area contributed by atoms with Gasteiger partial charge in [-0.1, -0.05) is 60.7 Å². The maximum atomic E-state index is 13.7. The fourth-order valence-electron chi connectivity index (χ4n) is 4.75. The lowest BCUT2D eigenvalue weighted by Crippen LogP contribution is -2.39. The predicted octanol–water partition coefficient (Wildman–Crippen LogP) is 6.03. The van der Waals surface area contributed by atoms with E-state index in [1.54, 1.807) is 46.0 Å². The van der Waals surface area contributed by atoms with Gasteiger partial charge in [-0.25, -0.2) is 4.79 Å². The summed E-state index contributed by atoms with van der Waals surface area (Å²) < 4.78 is 5.56. The van der Waals surface area contributed by atoms with E-state index in [1.807, 2.05) is 55.5 Å². The van der Waals surface area contributed by atoms with E-state index < -0.39 is 11.7 Å². The number of ether oxygens (including phenoxy) is 1. The molecular formula is C35H44N4O4. The van der Waals surface area contributed by atoms with Crippen LogP contribution in [0.4, 0.5) is 10.5 Å². The van der Waals surface area contributed by atoms with Crippen molar-refractivity contribution in [3.05, 3.63) is 101 Å². The van der Waals surface area contributed by atoms with Crippen LogP contribution in [0.3, 0.4) is 0 Å². The van der Waals surface area contributed by atoms with Crippen molar-refractivity contribution in [2.24, 2.45) is 0 Å². The van der Waals surface area contributed by atoms with Crippen LogP contribution in [0.5, 0.6) is 0 Å². The van der Waals surface area contributed by atoms with Crippen LogP contribution in [0.15, 0.2) is 78.9 Å². The van der Waals surface area contributed by atoms with Gasteiger partial charge in [0.05, 0.1) is 6.04 Å². The molecule has 0 aromatic heterocycles. The third-order valence-corrected chi connectivity index (χ3v) is 7.31. The van der Waals surface area contributed by atoms with Gasteiger partial charge >= 0.3 is 6.09 Å². The van der Waals surface area contributed by atoms with E-state index in [-0.39, 0.29) is 29.5 Å². The van der Waals surface area contributed by atoms with Gasteiger partial charge in [0.2, 0.25) is 0 Å². The number of rotatable bonds is 12. The summed E-state index contributed by atoms with van der Waals surface area (Å²) in [6, 6.07) is 24.7. The maximum Gasteiger partial charge on any atom is 0.414 e. The fourth-order valence-corrected chi connectivity index (χ4v) is 4.75. The molecule has 0 heterocycles. The van der Waals surface area contributed by atoms with Crippen LogP contribution in [0, 0.1) is 0 Å². The van der Waals surface area contributed by atoms with Gasteiger partial charge in [-0.15, -0.1) is 0 Å². The Bertz CT molecular complexity index is 1380. The second kappa shape index (κ2) is 14.3. The lowest BCUT2D eigenvalue weighted by molar-refractivity contribution is 0.0588. The first-order chi connectivity index (χ1) is 20.5. The molecule has 8 nitrogen and oxygen atoms in total. The molecule has 0 spiro atoms. The molecule has 0 bridgehead atoms. The van der Waals surface area contributed by atoms with Crippen LogP contribution in [-0.4, -0.2) is 49.2 Å². The minimum Gasteiger partial charge on any atom is -0.443 e. The normalized spacial score (nSPS) is 14.3. The highest BCUT2D eigenvalue weighted by molar-refractivity contribution is 6.02. The van der Waals surface area contributed by atoms with Crippen molar-refractivity contribution in [3.63, 3.8) is 0 Å². The summed E-state index contributed by atoms with van der Waals surface area (Å²) in [6.07, 6.45) is 3.25. The van der Waals surface area contributed by atoms with Gasteiger partial charge in [0, 0.05) is 35.9 Å². The van der Waals surface area contributed by atoms with Gasteiger partial charge in [0.1, 0.15) is 5.60 Å². The summed E-state index contributed by atoms with van der Waals surface area (Å²) in [4.78, 5) is 41.5. The van der Waals surface area contributed by atoms with Crippen LogP contribution in [0.2, 0.25) is 0 Å². The van der Waals surface area contributed by atoms with Gasteiger partial charge in [-0.3, -0.25) is 14.5 Å². The molecule has 3 N–H and O–H groups in total. The molecule has 0 aliphatic heterocycles. The molecule has 228 valence electrons. The number of carbonyl (C=O) groups is 3. The molecule has 3 aromatic carbocycles. The van der Waals surface area contributed by atoms with E-state index in [0.717, 1.165) is 24.1 Å². The molecule has 1 saturated carbocycles. The molecule has 0 saturated heterocycles. The van der Waals surface area contributed by atoms with Crippen molar-refractivity contribution in [2.45, 2.75) is 77.1 Å².